The molecule has 4 heterocycles. The van der Waals surface area contributed by atoms with Crippen LogP contribution in [0.4, 0.5) is 14.5 Å². The molecule has 2 aliphatic carbocycles. The lowest BCUT2D eigenvalue weighted by atomic mass is 9.79. The fraction of sp³-hybridized carbons (Fsp3) is 0.469. The molecule has 0 spiro atoms. The van der Waals surface area contributed by atoms with Crippen molar-refractivity contribution in [3.05, 3.63) is 53.6 Å². The smallest absolute Gasteiger partial charge is 0.311 e. The zero-order valence-electron chi connectivity index (χ0n) is 26.2. The third-order valence-corrected chi connectivity index (χ3v) is 9.67. The van der Waals surface area contributed by atoms with Crippen LogP contribution in [0.2, 0.25) is 0 Å². The first-order valence-electron chi connectivity index (χ1n) is 15.9. The quantitative estimate of drug-likeness (QED) is 0.148. The minimum Gasteiger partial charge on any atom is -0.481 e. The van der Waals surface area contributed by atoms with E-state index in [0.717, 1.165) is 50.7 Å². The molecule has 16 heteroatoms. The molecule has 48 heavy (non-hydrogen) atoms. The van der Waals surface area contributed by atoms with Gasteiger partial charge in [0.2, 0.25) is 5.95 Å². The number of carbonyl (C=O) groups is 3. The van der Waals surface area contributed by atoms with E-state index in [2.05, 4.69) is 25.5 Å². The maximum atomic E-state index is 14.8. The predicted molar refractivity (Wildman–Crippen MR) is 169 cm³/mol. The van der Waals surface area contributed by atoms with Gasteiger partial charge in [-0.2, -0.15) is 14.6 Å². The van der Waals surface area contributed by atoms with Crippen molar-refractivity contribution in [1.82, 2.24) is 29.5 Å². The summed E-state index contributed by atoms with van der Waals surface area (Å²) in [6.07, 6.45) is 10.5. The maximum Gasteiger partial charge on any atom is 0.311 e. The predicted octanol–water partition coefficient (Wildman–Crippen LogP) is 5.71. The van der Waals surface area contributed by atoms with E-state index in [1.165, 1.54) is 22.2 Å². The van der Waals surface area contributed by atoms with Gasteiger partial charge in [0.05, 0.1) is 35.9 Å². The molecule has 4 aromatic rings. The number of nitrogens with zero attached hydrogens (tertiary/aromatic N) is 6. The summed E-state index contributed by atoms with van der Waals surface area (Å²) in [5.41, 5.74) is 0.493. The molecule has 0 aromatic carbocycles. The maximum absolute atomic E-state index is 14.8. The fourth-order valence-electron chi connectivity index (χ4n) is 6.33. The number of amides is 1. The van der Waals surface area contributed by atoms with E-state index in [1.54, 1.807) is 22.5 Å². The number of pyridine rings is 1. The summed E-state index contributed by atoms with van der Waals surface area (Å²) in [7, 11) is 0. The first-order chi connectivity index (χ1) is 23.2. The standard InChI is InChI=1S/C32H35F2N7O6S/c1-2-46-20-9-7-19(8-10-20)41-15-24(28(39-41)27-23(33)11-12-26(34)38-27)36-29(42)25-16-48-30(37-25)18-13-35-40(14-18)17-47-32(45)22-6-4-3-5-21(22)31(43)44/h11-16,19-22H,2-10,17H2,1H3,(H,36,42)(H,43,44)/t19-,20-,21-,22+/m1/s1. The molecule has 0 aliphatic heterocycles. The minimum absolute atomic E-state index is 0.00135. The summed E-state index contributed by atoms with van der Waals surface area (Å²) in [5, 5.41) is 23.0. The molecule has 6 rings (SSSR count). The number of carboxylic acid groups (broad SMARTS) is 1. The van der Waals surface area contributed by atoms with Gasteiger partial charge in [0.25, 0.3) is 5.91 Å². The van der Waals surface area contributed by atoms with Crippen LogP contribution in [0.1, 0.15) is 74.8 Å². The Morgan fingerprint density at radius 1 is 1.02 bits per heavy atom. The first-order valence-corrected chi connectivity index (χ1v) is 16.8. The van der Waals surface area contributed by atoms with Crippen molar-refractivity contribution in [1.29, 1.82) is 0 Å². The number of anilines is 1. The second kappa shape index (κ2) is 14.7. The number of aliphatic carboxylic acids is 1. The number of halogens is 2. The zero-order chi connectivity index (χ0) is 33.8. The molecule has 2 aliphatic rings. The van der Waals surface area contributed by atoms with Gasteiger partial charge in [-0.3, -0.25) is 19.1 Å². The number of hydrogen-bond donors (Lipinski definition) is 2. The molecule has 0 bridgehead atoms. The van der Waals surface area contributed by atoms with Gasteiger partial charge in [-0.1, -0.05) is 12.8 Å². The second-order valence-electron chi connectivity index (χ2n) is 11.9. The average Bonchev–Trinajstić information content (AvgIpc) is 3.86. The lowest BCUT2D eigenvalue weighted by molar-refractivity contribution is -0.162. The SMILES string of the molecule is CCO[C@H]1CC[C@H](n2cc(NC(=O)c3csc(-c4cnn(COC(=O)[C@H]5CCCC[C@H]5C(=O)O)c4)n3)c(-c3nc(F)ccc3F)n2)CC1. The fourth-order valence-corrected chi connectivity index (χ4v) is 7.10. The van der Waals surface area contributed by atoms with Gasteiger partial charge in [0.15, 0.2) is 12.5 Å². The monoisotopic (exact) mass is 683 g/mol. The topological polar surface area (TPSA) is 163 Å². The van der Waals surface area contributed by atoms with Gasteiger partial charge in [-0.05, 0) is 57.6 Å². The Balaban J connectivity index is 1.14. The number of thiazole rings is 1. The van der Waals surface area contributed by atoms with E-state index in [9.17, 15) is 28.3 Å². The highest BCUT2D eigenvalue weighted by Gasteiger charge is 2.37. The number of aromatic nitrogens is 6. The second-order valence-corrected chi connectivity index (χ2v) is 12.8. The molecule has 0 saturated heterocycles. The summed E-state index contributed by atoms with van der Waals surface area (Å²) < 4.78 is 43.1. The van der Waals surface area contributed by atoms with Crippen LogP contribution in [0.25, 0.3) is 22.0 Å². The van der Waals surface area contributed by atoms with Crippen molar-refractivity contribution >= 4 is 34.9 Å². The van der Waals surface area contributed by atoms with Crippen LogP contribution < -0.4 is 5.32 Å². The average molecular weight is 684 g/mol. The van der Waals surface area contributed by atoms with Gasteiger partial charge in [-0.25, -0.2) is 19.0 Å². The largest absolute Gasteiger partial charge is 0.481 e. The van der Waals surface area contributed by atoms with E-state index in [0.29, 0.717) is 30.0 Å². The Morgan fingerprint density at radius 2 is 1.79 bits per heavy atom. The molecule has 13 nitrogen and oxygen atoms in total. The van der Waals surface area contributed by atoms with Crippen LogP contribution in [0.3, 0.4) is 0 Å². The van der Waals surface area contributed by atoms with Crippen LogP contribution in [-0.4, -0.2) is 65.2 Å². The highest BCUT2D eigenvalue weighted by Crippen LogP contribution is 2.35. The van der Waals surface area contributed by atoms with Crippen molar-refractivity contribution in [2.75, 3.05) is 11.9 Å². The first kappa shape index (κ1) is 33.3. The van der Waals surface area contributed by atoms with Crippen molar-refractivity contribution in [2.24, 2.45) is 11.8 Å². The van der Waals surface area contributed by atoms with E-state index in [-0.39, 0.29) is 41.6 Å². The molecule has 2 fully saturated rings. The molecule has 2 atom stereocenters. The Labute approximate surface area is 278 Å². The third kappa shape index (κ3) is 7.44. The number of ether oxygens (including phenoxy) is 2. The number of carbonyl (C=O) groups excluding carboxylic acids is 2. The summed E-state index contributed by atoms with van der Waals surface area (Å²) in [4.78, 5) is 45.7. The normalized spacial score (nSPS) is 21.1. The minimum atomic E-state index is -0.996. The zero-order valence-corrected chi connectivity index (χ0v) is 27.0. The highest BCUT2D eigenvalue weighted by molar-refractivity contribution is 7.13. The molecule has 0 unspecified atom stereocenters. The molecule has 1 amide bonds. The van der Waals surface area contributed by atoms with Gasteiger partial charge in [0, 0.05) is 29.9 Å². The molecule has 2 saturated carbocycles. The van der Waals surface area contributed by atoms with Crippen molar-refractivity contribution < 1.29 is 37.7 Å². The molecule has 4 aromatic heterocycles. The van der Waals surface area contributed by atoms with Crippen LogP contribution in [0.15, 0.2) is 36.1 Å². The van der Waals surface area contributed by atoms with E-state index < -0.39 is 41.4 Å². The van der Waals surface area contributed by atoms with Gasteiger partial charge in [0.1, 0.15) is 22.1 Å². The van der Waals surface area contributed by atoms with Crippen molar-refractivity contribution in [3.63, 3.8) is 0 Å². The molecule has 0 radical (unpaired) electrons. The van der Waals surface area contributed by atoms with Crippen LogP contribution in [-0.2, 0) is 25.8 Å². The molecule has 254 valence electrons. The van der Waals surface area contributed by atoms with Crippen LogP contribution >= 0.6 is 11.3 Å². The molecule has 2 N–H and O–H groups in total. The lowest BCUT2D eigenvalue weighted by Gasteiger charge is -2.28. The summed E-state index contributed by atoms with van der Waals surface area (Å²) in [6.45, 7) is 2.39. The Hall–Kier alpha value is -4.57. The third-order valence-electron chi connectivity index (χ3n) is 8.78. The number of rotatable bonds is 11. The number of esters is 1. The van der Waals surface area contributed by atoms with Crippen molar-refractivity contribution in [2.45, 2.75) is 77.2 Å². The molecular weight excluding hydrogens is 648 g/mol. The highest BCUT2D eigenvalue weighted by atomic mass is 32.1. The van der Waals surface area contributed by atoms with Crippen molar-refractivity contribution in [3.8, 4) is 22.0 Å². The number of carboxylic acids is 1. The Morgan fingerprint density at radius 3 is 2.54 bits per heavy atom. The van der Waals surface area contributed by atoms with E-state index in [1.807, 2.05) is 6.92 Å². The van der Waals surface area contributed by atoms with Gasteiger partial charge >= 0.3 is 11.9 Å². The lowest BCUT2D eigenvalue weighted by Crippen LogP contribution is -2.34. The summed E-state index contributed by atoms with van der Waals surface area (Å²) in [6, 6.07) is 1.86. The summed E-state index contributed by atoms with van der Waals surface area (Å²) in [5.74, 6) is -5.26. The number of hydrogen-bond acceptors (Lipinski definition) is 10. The van der Waals surface area contributed by atoms with Crippen LogP contribution in [0.5, 0.6) is 0 Å². The van der Waals surface area contributed by atoms with E-state index in [4.69, 9.17) is 9.47 Å². The van der Waals surface area contributed by atoms with Gasteiger partial charge in [-0.15, -0.1) is 11.3 Å². The van der Waals surface area contributed by atoms with Gasteiger partial charge < -0.3 is 19.9 Å². The van der Waals surface area contributed by atoms with Crippen LogP contribution in [0, 0.1) is 23.6 Å². The Kier molecular flexibility index (Phi) is 10.2. The number of nitrogens with one attached hydrogen (secondary N) is 1. The Bertz CT molecular complexity index is 1780. The molecular formula is C32H35F2N7O6S. The summed E-state index contributed by atoms with van der Waals surface area (Å²) >= 11 is 1.19. The van der Waals surface area contributed by atoms with E-state index >= 15 is 0 Å².